The number of nitrogens with one attached hydrogen (secondary N) is 1. The van der Waals surface area contributed by atoms with Gasteiger partial charge in [-0.15, -0.1) is 0 Å². The first-order valence-electron chi connectivity index (χ1n) is 7.99. The molecule has 0 radical (unpaired) electrons. The minimum atomic E-state index is -0.453. The van der Waals surface area contributed by atoms with Crippen molar-refractivity contribution in [2.24, 2.45) is 5.92 Å². The molecule has 2 rings (SSSR count). The highest BCUT2D eigenvalue weighted by Gasteiger charge is 2.27. The lowest BCUT2D eigenvalue weighted by Crippen LogP contribution is -2.45. The predicted molar refractivity (Wildman–Crippen MR) is 89.3 cm³/mol. The Kier molecular flexibility index (Phi) is 6.18. The summed E-state index contributed by atoms with van der Waals surface area (Å²) in [6.07, 6.45) is 5.08. The van der Waals surface area contributed by atoms with Gasteiger partial charge in [-0.3, -0.25) is 4.98 Å². The molecule has 0 aromatic carbocycles. The molecule has 6 nitrogen and oxygen atoms in total. The Morgan fingerprint density at radius 3 is 2.87 bits per heavy atom. The van der Waals surface area contributed by atoms with Gasteiger partial charge in [0.15, 0.2) is 5.15 Å². The molecule has 1 amide bonds. The Labute approximate surface area is 142 Å². The fourth-order valence-corrected chi connectivity index (χ4v) is 2.76. The van der Waals surface area contributed by atoms with E-state index in [-0.39, 0.29) is 6.09 Å². The molecule has 1 aromatic heterocycles. The Bertz CT molecular complexity index is 533. The van der Waals surface area contributed by atoms with E-state index < -0.39 is 5.60 Å². The van der Waals surface area contributed by atoms with Gasteiger partial charge in [0.2, 0.25) is 0 Å². The highest BCUT2D eigenvalue weighted by molar-refractivity contribution is 6.29. The van der Waals surface area contributed by atoms with Gasteiger partial charge in [0.05, 0.1) is 5.69 Å². The van der Waals surface area contributed by atoms with Crippen molar-refractivity contribution in [3.05, 3.63) is 23.2 Å². The number of hydrogen-bond donors (Lipinski definition) is 1. The molecule has 0 aliphatic carbocycles. The van der Waals surface area contributed by atoms with Crippen LogP contribution < -0.4 is 5.32 Å². The third-order valence-electron chi connectivity index (χ3n) is 3.62. The van der Waals surface area contributed by atoms with Gasteiger partial charge in [0, 0.05) is 38.6 Å². The Balaban J connectivity index is 1.78. The summed E-state index contributed by atoms with van der Waals surface area (Å²) in [4.78, 5) is 22.2. The van der Waals surface area contributed by atoms with Crippen LogP contribution in [0.3, 0.4) is 0 Å². The SMILES string of the molecule is CC(C)(C)OC(=O)N1CCCC(CNCc2nccnc2Cl)C1. The molecule has 0 spiro atoms. The number of hydrogen-bond acceptors (Lipinski definition) is 5. The molecule has 0 bridgehead atoms. The van der Waals surface area contributed by atoms with Crippen molar-refractivity contribution in [3.8, 4) is 0 Å². The van der Waals surface area contributed by atoms with E-state index in [1.807, 2.05) is 20.8 Å². The summed E-state index contributed by atoms with van der Waals surface area (Å²) in [7, 11) is 0. The quantitative estimate of drug-likeness (QED) is 0.912. The number of halogens is 1. The molecular weight excluding hydrogens is 316 g/mol. The summed E-state index contributed by atoms with van der Waals surface area (Å²) < 4.78 is 5.45. The van der Waals surface area contributed by atoms with Gasteiger partial charge in [-0.25, -0.2) is 9.78 Å². The summed E-state index contributed by atoms with van der Waals surface area (Å²) in [6.45, 7) is 8.54. The highest BCUT2D eigenvalue weighted by atomic mass is 35.5. The lowest BCUT2D eigenvalue weighted by molar-refractivity contribution is 0.0166. The Hall–Kier alpha value is -1.40. The maximum absolute atomic E-state index is 12.1. The van der Waals surface area contributed by atoms with Crippen molar-refractivity contribution in [1.29, 1.82) is 0 Å². The van der Waals surface area contributed by atoms with Gasteiger partial charge in [-0.05, 0) is 39.5 Å². The van der Waals surface area contributed by atoms with Crippen LogP contribution in [0.15, 0.2) is 12.4 Å². The number of ether oxygens (including phenoxy) is 1. The molecule has 1 saturated heterocycles. The number of amides is 1. The zero-order chi connectivity index (χ0) is 16.9. The summed E-state index contributed by atoms with van der Waals surface area (Å²) in [5.41, 5.74) is 0.291. The fourth-order valence-electron chi connectivity index (χ4n) is 2.59. The molecule has 1 aromatic rings. The number of likely N-dealkylation sites (tertiary alicyclic amines) is 1. The summed E-state index contributed by atoms with van der Waals surface area (Å²) >= 11 is 5.99. The van der Waals surface area contributed by atoms with Crippen LogP contribution in [0.1, 0.15) is 39.3 Å². The summed E-state index contributed by atoms with van der Waals surface area (Å²) in [6, 6.07) is 0. The second-order valence-electron chi connectivity index (χ2n) is 6.86. The van der Waals surface area contributed by atoms with Crippen molar-refractivity contribution in [3.63, 3.8) is 0 Å². The van der Waals surface area contributed by atoms with E-state index >= 15 is 0 Å². The van der Waals surface area contributed by atoms with E-state index in [4.69, 9.17) is 16.3 Å². The zero-order valence-electron chi connectivity index (χ0n) is 14.0. The number of aromatic nitrogens is 2. The van der Waals surface area contributed by atoms with Gasteiger partial charge in [-0.1, -0.05) is 11.6 Å². The molecule has 1 fully saturated rings. The Morgan fingerprint density at radius 2 is 2.17 bits per heavy atom. The minimum Gasteiger partial charge on any atom is -0.444 e. The normalized spacial score (nSPS) is 18.8. The average molecular weight is 341 g/mol. The van der Waals surface area contributed by atoms with Crippen molar-refractivity contribution < 1.29 is 9.53 Å². The largest absolute Gasteiger partial charge is 0.444 e. The Morgan fingerprint density at radius 1 is 1.43 bits per heavy atom. The topological polar surface area (TPSA) is 67.3 Å². The minimum absolute atomic E-state index is 0.223. The maximum Gasteiger partial charge on any atom is 0.410 e. The molecule has 7 heteroatoms. The van der Waals surface area contributed by atoms with Crippen LogP contribution in [0.2, 0.25) is 5.15 Å². The molecule has 1 N–H and O–H groups in total. The molecular formula is C16H25ClN4O2. The first kappa shape index (κ1) is 17.9. The van der Waals surface area contributed by atoms with E-state index in [0.717, 1.165) is 38.2 Å². The standard InChI is InChI=1S/C16H25ClN4O2/c1-16(2,3)23-15(22)21-8-4-5-12(11-21)9-18-10-13-14(17)20-7-6-19-13/h6-7,12,18H,4-5,8-11H2,1-3H3. The van der Waals surface area contributed by atoms with Crippen LogP contribution in [0, 0.1) is 5.92 Å². The van der Waals surface area contributed by atoms with Crippen LogP contribution in [0.5, 0.6) is 0 Å². The fraction of sp³-hybridized carbons (Fsp3) is 0.688. The smallest absolute Gasteiger partial charge is 0.410 e. The monoisotopic (exact) mass is 340 g/mol. The number of nitrogens with zero attached hydrogens (tertiary/aromatic N) is 3. The third-order valence-corrected chi connectivity index (χ3v) is 3.93. The number of carbonyl (C=O) groups is 1. The summed E-state index contributed by atoms with van der Waals surface area (Å²) in [5.74, 6) is 0.409. The van der Waals surface area contributed by atoms with Crippen molar-refractivity contribution in [2.75, 3.05) is 19.6 Å². The van der Waals surface area contributed by atoms with Crippen LogP contribution >= 0.6 is 11.6 Å². The van der Waals surface area contributed by atoms with Gasteiger partial charge >= 0.3 is 6.09 Å². The average Bonchev–Trinajstić information content (AvgIpc) is 2.48. The molecule has 2 heterocycles. The lowest BCUT2D eigenvalue weighted by atomic mass is 9.98. The van der Waals surface area contributed by atoms with E-state index in [1.54, 1.807) is 17.3 Å². The van der Waals surface area contributed by atoms with E-state index in [9.17, 15) is 4.79 Å². The van der Waals surface area contributed by atoms with Gasteiger partial charge < -0.3 is 15.0 Å². The van der Waals surface area contributed by atoms with Crippen LogP contribution in [0.25, 0.3) is 0 Å². The predicted octanol–water partition coefficient (Wildman–Crippen LogP) is 2.87. The zero-order valence-corrected chi connectivity index (χ0v) is 14.8. The molecule has 128 valence electrons. The van der Waals surface area contributed by atoms with Crippen molar-refractivity contribution in [1.82, 2.24) is 20.2 Å². The third kappa shape index (κ3) is 5.95. The van der Waals surface area contributed by atoms with Gasteiger partial charge in [-0.2, -0.15) is 0 Å². The maximum atomic E-state index is 12.1. The molecule has 1 atom stereocenters. The molecule has 1 aliphatic rings. The van der Waals surface area contributed by atoms with E-state index in [1.165, 1.54) is 0 Å². The second kappa shape index (κ2) is 7.93. The van der Waals surface area contributed by atoms with Crippen LogP contribution in [0.4, 0.5) is 4.79 Å². The number of piperidine rings is 1. The molecule has 23 heavy (non-hydrogen) atoms. The molecule has 1 aliphatic heterocycles. The summed E-state index contributed by atoms with van der Waals surface area (Å²) in [5, 5.41) is 3.78. The number of rotatable bonds is 4. The van der Waals surface area contributed by atoms with Crippen LogP contribution in [-0.4, -0.2) is 46.2 Å². The van der Waals surface area contributed by atoms with Crippen LogP contribution in [-0.2, 0) is 11.3 Å². The van der Waals surface area contributed by atoms with E-state index in [2.05, 4.69) is 15.3 Å². The lowest BCUT2D eigenvalue weighted by Gasteiger charge is -2.34. The van der Waals surface area contributed by atoms with E-state index in [0.29, 0.717) is 17.6 Å². The van der Waals surface area contributed by atoms with Crippen molar-refractivity contribution >= 4 is 17.7 Å². The molecule has 0 saturated carbocycles. The molecule has 1 unspecified atom stereocenters. The second-order valence-corrected chi connectivity index (χ2v) is 7.22. The number of carbonyl (C=O) groups excluding carboxylic acids is 1. The van der Waals surface area contributed by atoms with Gasteiger partial charge in [0.1, 0.15) is 5.60 Å². The first-order valence-corrected chi connectivity index (χ1v) is 8.37. The van der Waals surface area contributed by atoms with Gasteiger partial charge in [0.25, 0.3) is 0 Å². The highest BCUT2D eigenvalue weighted by Crippen LogP contribution is 2.19. The van der Waals surface area contributed by atoms with Crippen molar-refractivity contribution in [2.45, 2.75) is 45.8 Å². The first-order chi connectivity index (χ1) is 10.8.